The average molecular weight is 296 g/mol. The molecule has 5 nitrogen and oxygen atoms in total. The van der Waals surface area contributed by atoms with Gasteiger partial charge in [-0.05, 0) is 30.5 Å². The molecule has 2 atom stereocenters. The van der Waals surface area contributed by atoms with Gasteiger partial charge in [0, 0.05) is 12.6 Å². The first kappa shape index (κ1) is 17.1. The number of nitrogens with one attached hydrogen (secondary N) is 2. The van der Waals surface area contributed by atoms with Crippen LogP contribution in [0.2, 0.25) is 0 Å². The standard InChI is InChI=1S/C15H21FN2O3/c1-10(9-19)11(2)18-15(21)8-17-14(20)7-12-4-3-5-13(16)6-12/h3-6,10-11,19H,7-9H2,1-2H3,(H,17,20)(H,18,21). The second kappa shape index (κ2) is 8.36. The molecule has 0 fully saturated rings. The van der Waals surface area contributed by atoms with E-state index in [0.29, 0.717) is 5.56 Å². The van der Waals surface area contributed by atoms with Crippen molar-refractivity contribution in [3.8, 4) is 0 Å². The maximum atomic E-state index is 13.0. The molecule has 0 aromatic heterocycles. The van der Waals surface area contributed by atoms with Gasteiger partial charge in [-0.2, -0.15) is 0 Å². The number of hydrogen-bond donors (Lipinski definition) is 3. The van der Waals surface area contributed by atoms with Gasteiger partial charge >= 0.3 is 0 Å². The summed E-state index contributed by atoms with van der Waals surface area (Å²) in [5.74, 6) is -1.13. The fourth-order valence-electron chi connectivity index (χ4n) is 1.68. The lowest BCUT2D eigenvalue weighted by atomic mass is 10.1. The molecule has 6 heteroatoms. The van der Waals surface area contributed by atoms with Gasteiger partial charge in [-0.15, -0.1) is 0 Å². The van der Waals surface area contributed by atoms with Crippen molar-refractivity contribution in [3.63, 3.8) is 0 Å². The van der Waals surface area contributed by atoms with E-state index in [1.807, 2.05) is 6.92 Å². The summed E-state index contributed by atoms with van der Waals surface area (Å²) in [6.45, 7) is 3.44. The largest absolute Gasteiger partial charge is 0.396 e. The lowest BCUT2D eigenvalue weighted by molar-refractivity contribution is -0.126. The number of amides is 2. The summed E-state index contributed by atoms with van der Waals surface area (Å²) in [7, 11) is 0. The lowest BCUT2D eigenvalue weighted by Gasteiger charge is -2.19. The fourth-order valence-corrected chi connectivity index (χ4v) is 1.68. The molecule has 2 amide bonds. The maximum absolute atomic E-state index is 13.0. The van der Waals surface area contributed by atoms with E-state index in [-0.39, 0.29) is 43.3 Å². The molecule has 0 heterocycles. The van der Waals surface area contributed by atoms with Gasteiger partial charge in [0.1, 0.15) is 5.82 Å². The molecular formula is C15H21FN2O3. The van der Waals surface area contributed by atoms with E-state index in [0.717, 1.165) is 0 Å². The van der Waals surface area contributed by atoms with Crippen molar-refractivity contribution in [3.05, 3.63) is 35.6 Å². The molecule has 0 bridgehead atoms. The minimum Gasteiger partial charge on any atom is -0.396 e. The van der Waals surface area contributed by atoms with Crippen LogP contribution in [0.15, 0.2) is 24.3 Å². The van der Waals surface area contributed by atoms with Gasteiger partial charge in [0.25, 0.3) is 0 Å². The third-order valence-electron chi connectivity index (χ3n) is 3.23. The molecule has 0 spiro atoms. The molecule has 2 unspecified atom stereocenters. The molecule has 0 saturated carbocycles. The SMILES string of the molecule is CC(CO)C(C)NC(=O)CNC(=O)Cc1cccc(F)c1. The second-order valence-corrected chi connectivity index (χ2v) is 5.10. The Hall–Kier alpha value is -1.95. The van der Waals surface area contributed by atoms with Crippen molar-refractivity contribution in [2.45, 2.75) is 26.3 Å². The number of aliphatic hydroxyl groups excluding tert-OH is 1. The Balaban J connectivity index is 2.34. The van der Waals surface area contributed by atoms with Gasteiger partial charge in [0.15, 0.2) is 0 Å². The zero-order valence-electron chi connectivity index (χ0n) is 12.2. The van der Waals surface area contributed by atoms with Crippen LogP contribution in [0.5, 0.6) is 0 Å². The quantitative estimate of drug-likeness (QED) is 0.690. The van der Waals surface area contributed by atoms with E-state index in [4.69, 9.17) is 5.11 Å². The zero-order valence-corrected chi connectivity index (χ0v) is 12.2. The van der Waals surface area contributed by atoms with Crippen LogP contribution < -0.4 is 10.6 Å². The Bertz CT molecular complexity index is 494. The van der Waals surface area contributed by atoms with Crippen LogP contribution in [0.4, 0.5) is 4.39 Å². The topological polar surface area (TPSA) is 78.4 Å². The third kappa shape index (κ3) is 6.35. The van der Waals surface area contributed by atoms with E-state index in [9.17, 15) is 14.0 Å². The molecule has 0 aliphatic heterocycles. The maximum Gasteiger partial charge on any atom is 0.239 e. The molecule has 0 aliphatic carbocycles. The summed E-state index contributed by atoms with van der Waals surface area (Å²) in [5.41, 5.74) is 0.551. The fraction of sp³-hybridized carbons (Fsp3) is 0.467. The summed E-state index contributed by atoms with van der Waals surface area (Å²) in [6.07, 6.45) is 0.0215. The summed E-state index contributed by atoms with van der Waals surface area (Å²) in [5, 5.41) is 14.1. The van der Waals surface area contributed by atoms with Gasteiger partial charge in [-0.1, -0.05) is 19.1 Å². The van der Waals surface area contributed by atoms with Crippen LogP contribution in [0.1, 0.15) is 19.4 Å². The van der Waals surface area contributed by atoms with E-state index < -0.39 is 5.82 Å². The van der Waals surface area contributed by atoms with E-state index in [1.54, 1.807) is 13.0 Å². The van der Waals surface area contributed by atoms with Crippen LogP contribution in [-0.2, 0) is 16.0 Å². The van der Waals surface area contributed by atoms with E-state index in [1.165, 1.54) is 18.2 Å². The highest BCUT2D eigenvalue weighted by Crippen LogP contribution is 2.04. The van der Waals surface area contributed by atoms with Crippen LogP contribution in [0, 0.1) is 11.7 Å². The molecular weight excluding hydrogens is 275 g/mol. The van der Waals surface area contributed by atoms with Crippen molar-refractivity contribution in [1.82, 2.24) is 10.6 Å². The number of carbonyl (C=O) groups excluding carboxylic acids is 2. The monoisotopic (exact) mass is 296 g/mol. The molecule has 1 aromatic rings. The zero-order chi connectivity index (χ0) is 15.8. The molecule has 0 saturated heterocycles. The van der Waals surface area contributed by atoms with Crippen molar-refractivity contribution >= 4 is 11.8 Å². The first-order valence-corrected chi connectivity index (χ1v) is 6.83. The first-order chi connectivity index (χ1) is 9.92. The molecule has 116 valence electrons. The van der Waals surface area contributed by atoms with E-state index >= 15 is 0 Å². The number of hydrogen-bond acceptors (Lipinski definition) is 3. The Morgan fingerprint density at radius 2 is 2.00 bits per heavy atom. The number of rotatable bonds is 7. The van der Waals surface area contributed by atoms with Gasteiger partial charge in [0.2, 0.25) is 11.8 Å². The lowest BCUT2D eigenvalue weighted by Crippen LogP contribution is -2.44. The number of carbonyl (C=O) groups is 2. The Labute approximate surface area is 123 Å². The van der Waals surface area contributed by atoms with Gasteiger partial charge in [0.05, 0.1) is 13.0 Å². The van der Waals surface area contributed by atoms with Crippen LogP contribution >= 0.6 is 0 Å². The molecule has 1 aromatic carbocycles. The summed E-state index contributed by atoms with van der Waals surface area (Å²) in [6, 6.07) is 5.59. The third-order valence-corrected chi connectivity index (χ3v) is 3.23. The van der Waals surface area contributed by atoms with Crippen molar-refractivity contribution in [2.24, 2.45) is 5.92 Å². The summed E-state index contributed by atoms with van der Waals surface area (Å²) in [4.78, 5) is 23.3. The summed E-state index contributed by atoms with van der Waals surface area (Å²) < 4.78 is 13.0. The van der Waals surface area contributed by atoms with Crippen LogP contribution in [-0.4, -0.2) is 36.1 Å². The highest BCUT2D eigenvalue weighted by molar-refractivity contribution is 5.85. The molecule has 1 rings (SSSR count). The minimum absolute atomic E-state index is 0.0205. The highest BCUT2D eigenvalue weighted by atomic mass is 19.1. The molecule has 0 aliphatic rings. The number of halogens is 1. The summed E-state index contributed by atoms with van der Waals surface area (Å²) >= 11 is 0. The minimum atomic E-state index is -0.398. The van der Waals surface area contributed by atoms with E-state index in [2.05, 4.69) is 10.6 Å². The average Bonchev–Trinajstić information content (AvgIpc) is 2.44. The van der Waals surface area contributed by atoms with Gasteiger partial charge < -0.3 is 15.7 Å². The van der Waals surface area contributed by atoms with Crippen molar-refractivity contribution in [2.75, 3.05) is 13.2 Å². The number of benzene rings is 1. The number of aliphatic hydroxyl groups is 1. The molecule has 3 N–H and O–H groups in total. The smallest absolute Gasteiger partial charge is 0.239 e. The molecule has 21 heavy (non-hydrogen) atoms. The Morgan fingerprint density at radius 3 is 2.62 bits per heavy atom. The van der Waals surface area contributed by atoms with Crippen LogP contribution in [0.25, 0.3) is 0 Å². The first-order valence-electron chi connectivity index (χ1n) is 6.83. The predicted molar refractivity (Wildman–Crippen MR) is 77.0 cm³/mol. The van der Waals surface area contributed by atoms with Crippen LogP contribution in [0.3, 0.4) is 0 Å². The normalized spacial score (nSPS) is 13.3. The molecule has 0 radical (unpaired) electrons. The van der Waals surface area contributed by atoms with Crippen molar-refractivity contribution < 1.29 is 19.1 Å². The predicted octanol–water partition coefficient (Wildman–Crippen LogP) is 0.617. The Morgan fingerprint density at radius 1 is 1.29 bits per heavy atom. The van der Waals surface area contributed by atoms with Crippen molar-refractivity contribution in [1.29, 1.82) is 0 Å². The Kier molecular flexibility index (Phi) is 6.81. The highest BCUT2D eigenvalue weighted by Gasteiger charge is 2.14. The van der Waals surface area contributed by atoms with Gasteiger partial charge in [-0.25, -0.2) is 4.39 Å². The van der Waals surface area contributed by atoms with Gasteiger partial charge in [-0.3, -0.25) is 9.59 Å². The second-order valence-electron chi connectivity index (χ2n) is 5.10.